The fourth-order valence-corrected chi connectivity index (χ4v) is 11.7. The van der Waals surface area contributed by atoms with Crippen LogP contribution in [0.3, 0.4) is 0 Å². The van der Waals surface area contributed by atoms with E-state index < -0.39 is 0 Å². The number of hydrogen-bond acceptors (Lipinski definition) is 2. The molecule has 0 unspecified atom stereocenters. The van der Waals surface area contributed by atoms with Crippen LogP contribution in [0.4, 0.5) is 5.69 Å². The number of nitrogens with zero attached hydrogens (tertiary/aromatic N) is 1. The maximum atomic E-state index is 6.33. The molecule has 0 bridgehead atoms. The van der Waals surface area contributed by atoms with Crippen molar-refractivity contribution < 1.29 is 4.74 Å². The molecule has 0 saturated carbocycles. The van der Waals surface area contributed by atoms with Crippen LogP contribution in [0.2, 0.25) is 0 Å². The van der Waals surface area contributed by atoms with Gasteiger partial charge >= 0.3 is 0 Å². The van der Waals surface area contributed by atoms with Crippen LogP contribution in [0.1, 0.15) is 55.4 Å². The van der Waals surface area contributed by atoms with E-state index in [0.29, 0.717) is 22.6 Å². The van der Waals surface area contributed by atoms with Gasteiger partial charge in [-0.05, 0) is 56.5 Å². The van der Waals surface area contributed by atoms with Crippen molar-refractivity contribution in [1.82, 2.24) is 0 Å². The van der Waals surface area contributed by atoms with Crippen LogP contribution in [0.5, 0.6) is 5.75 Å². The molecule has 0 amide bonds. The van der Waals surface area contributed by atoms with E-state index >= 15 is 0 Å². The maximum Gasteiger partial charge on any atom is 0.134 e. The fourth-order valence-electron chi connectivity index (χ4n) is 5.65. The molecule has 2 nitrogen and oxygen atoms in total. The molecule has 3 rings (SSSR count). The smallest absolute Gasteiger partial charge is 0.134 e. The Hall–Kier alpha value is -1.88. The Balaban J connectivity index is 2.41. The van der Waals surface area contributed by atoms with E-state index in [2.05, 4.69) is 135 Å². The number of hydrogen-bond donors (Lipinski definition) is 0. The zero-order chi connectivity index (χ0) is 27.4. The molecule has 0 N–H and O–H groups in total. The van der Waals surface area contributed by atoms with Crippen molar-refractivity contribution in [2.75, 3.05) is 26.1 Å². The van der Waals surface area contributed by atoms with Crippen LogP contribution >= 0.6 is 15.8 Å². The Morgan fingerprint density at radius 2 is 0.919 bits per heavy atom. The highest BCUT2D eigenvalue weighted by molar-refractivity contribution is 7.67. The summed E-state index contributed by atoms with van der Waals surface area (Å²) in [5.41, 5.74) is 8.66. The topological polar surface area (TPSA) is 12.5 Å². The molecule has 0 saturated heterocycles. The lowest BCUT2D eigenvalue weighted by Gasteiger charge is -2.31. The van der Waals surface area contributed by atoms with Crippen molar-refractivity contribution in [2.45, 2.75) is 78.0 Å². The Morgan fingerprint density at radius 1 is 0.568 bits per heavy atom. The molecule has 4 heteroatoms. The van der Waals surface area contributed by atoms with Gasteiger partial charge in [0.1, 0.15) is 5.75 Å². The largest absolute Gasteiger partial charge is 0.495 e. The van der Waals surface area contributed by atoms with Gasteiger partial charge in [0.2, 0.25) is 0 Å². The summed E-state index contributed by atoms with van der Waals surface area (Å²) >= 11 is 0. The molecule has 0 aliphatic carbocycles. The second-order valence-electron chi connectivity index (χ2n) is 11.2. The van der Waals surface area contributed by atoms with Gasteiger partial charge < -0.3 is 9.64 Å². The molecule has 37 heavy (non-hydrogen) atoms. The van der Waals surface area contributed by atoms with Crippen LogP contribution in [0, 0.1) is 0 Å². The minimum absolute atomic E-state index is 0.324. The first kappa shape index (κ1) is 29.7. The zero-order valence-corrected chi connectivity index (χ0v) is 26.6. The summed E-state index contributed by atoms with van der Waals surface area (Å²) in [6.45, 7) is 19.0. The SMILES string of the molecule is COc1c(-c2ccccc2P(C(C)C)C(C)C)cc(N(C)C)cc1-c1ccccc1P(C(C)C)C(C)C. The predicted molar refractivity (Wildman–Crippen MR) is 172 cm³/mol. The molecule has 0 atom stereocenters. The Labute approximate surface area is 229 Å². The zero-order valence-electron chi connectivity index (χ0n) is 24.8. The van der Waals surface area contributed by atoms with Crippen molar-refractivity contribution in [1.29, 1.82) is 0 Å². The van der Waals surface area contributed by atoms with Crippen molar-refractivity contribution in [2.24, 2.45) is 0 Å². The number of ether oxygens (including phenoxy) is 1. The molecule has 0 heterocycles. The minimum atomic E-state index is -0.324. The van der Waals surface area contributed by atoms with E-state index in [1.165, 1.54) is 38.6 Å². The van der Waals surface area contributed by atoms with Crippen molar-refractivity contribution >= 4 is 32.1 Å². The van der Waals surface area contributed by atoms with E-state index in [9.17, 15) is 0 Å². The van der Waals surface area contributed by atoms with Gasteiger partial charge in [-0.3, -0.25) is 0 Å². The van der Waals surface area contributed by atoms with Crippen LogP contribution in [0.15, 0.2) is 60.7 Å². The molecule has 3 aromatic carbocycles. The molecule has 0 fully saturated rings. The van der Waals surface area contributed by atoms with E-state index in [1.54, 1.807) is 0 Å². The normalized spacial score (nSPS) is 12.0. The molecule has 200 valence electrons. The second-order valence-corrected chi connectivity index (χ2v) is 17.9. The predicted octanol–water partition coefficient (Wildman–Crippen LogP) is 8.94. The Morgan fingerprint density at radius 3 is 1.22 bits per heavy atom. The van der Waals surface area contributed by atoms with Gasteiger partial charge in [0, 0.05) is 30.9 Å². The number of benzene rings is 3. The summed E-state index contributed by atoms with van der Waals surface area (Å²) in [5, 5.41) is 2.95. The van der Waals surface area contributed by atoms with E-state index in [0.717, 1.165) is 5.75 Å². The lowest BCUT2D eigenvalue weighted by Crippen LogP contribution is -2.19. The molecular formula is C33H47NOP2. The van der Waals surface area contributed by atoms with Gasteiger partial charge in [0.25, 0.3) is 0 Å². The molecule has 0 radical (unpaired) electrons. The summed E-state index contributed by atoms with van der Waals surface area (Å²) in [4.78, 5) is 2.22. The molecule has 0 aliphatic heterocycles. The van der Waals surface area contributed by atoms with Crippen LogP contribution in [-0.4, -0.2) is 43.8 Å². The van der Waals surface area contributed by atoms with Gasteiger partial charge in [0.15, 0.2) is 0 Å². The first-order chi connectivity index (χ1) is 17.5. The van der Waals surface area contributed by atoms with Crippen molar-refractivity contribution in [3.63, 3.8) is 0 Å². The standard InChI is InChI=1S/C33H47NOP2/c1-22(2)36(23(3)4)31-18-14-12-16-27(31)29-20-26(34(9)10)21-30(33(29)35-11)28-17-13-15-19-32(28)37(24(5)6)25(7)8/h12-25H,1-11H3. The van der Waals surface area contributed by atoms with Crippen molar-refractivity contribution in [3.8, 4) is 28.0 Å². The first-order valence-corrected chi connectivity index (χ1v) is 16.6. The third-order valence-corrected chi connectivity index (χ3v) is 13.3. The number of methoxy groups -OCH3 is 1. The second kappa shape index (κ2) is 12.8. The van der Waals surface area contributed by atoms with Gasteiger partial charge in [-0.1, -0.05) is 120 Å². The third kappa shape index (κ3) is 6.41. The van der Waals surface area contributed by atoms with Crippen LogP contribution in [0.25, 0.3) is 22.3 Å². The highest BCUT2D eigenvalue weighted by Gasteiger charge is 2.27. The minimum Gasteiger partial charge on any atom is -0.495 e. The lowest BCUT2D eigenvalue weighted by molar-refractivity contribution is 0.418. The third-order valence-electron chi connectivity index (χ3n) is 6.96. The maximum absolute atomic E-state index is 6.33. The molecule has 0 aliphatic rings. The molecule has 0 aromatic heterocycles. The number of anilines is 1. The first-order valence-electron chi connectivity index (χ1n) is 13.6. The average molecular weight is 536 g/mol. The summed E-state index contributed by atoms with van der Waals surface area (Å²) in [6.07, 6.45) is 0. The molecular weight excluding hydrogens is 488 g/mol. The van der Waals surface area contributed by atoms with Gasteiger partial charge in [-0.25, -0.2) is 0 Å². The van der Waals surface area contributed by atoms with Crippen LogP contribution in [-0.2, 0) is 0 Å². The average Bonchev–Trinajstić information content (AvgIpc) is 2.83. The summed E-state index contributed by atoms with van der Waals surface area (Å²) < 4.78 is 6.33. The molecule has 3 aromatic rings. The van der Waals surface area contributed by atoms with E-state index in [1.807, 2.05) is 7.11 Å². The lowest BCUT2D eigenvalue weighted by atomic mass is 9.95. The van der Waals surface area contributed by atoms with Gasteiger partial charge in [0.05, 0.1) is 7.11 Å². The monoisotopic (exact) mass is 535 g/mol. The highest BCUT2D eigenvalue weighted by Crippen LogP contribution is 2.52. The summed E-state index contributed by atoms with van der Waals surface area (Å²) in [5.74, 6) is 0.982. The summed E-state index contributed by atoms with van der Waals surface area (Å²) in [7, 11) is 5.46. The molecule has 0 spiro atoms. The van der Waals surface area contributed by atoms with Gasteiger partial charge in [-0.2, -0.15) is 0 Å². The van der Waals surface area contributed by atoms with Crippen LogP contribution < -0.4 is 20.2 Å². The van der Waals surface area contributed by atoms with Crippen molar-refractivity contribution in [3.05, 3.63) is 60.7 Å². The van der Waals surface area contributed by atoms with Gasteiger partial charge in [-0.15, -0.1) is 0 Å². The summed E-state index contributed by atoms with van der Waals surface area (Å²) in [6, 6.07) is 22.7. The van der Waals surface area contributed by atoms with E-state index in [4.69, 9.17) is 4.74 Å². The Kier molecular flexibility index (Phi) is 10.2. The fraction of sp³-hybridized carbons (Fsp3) is 0.455. The Bertz CT molecular complexity index is 1080. The highest BCUT2D eigenvalue weighted by atomic mass is 31.1. The quantitative estimate of drug-likeness (QED) is 0.240. The van der Waals surface area contributed by atoms with E-state index in [-0.39, 0.29) is 15.8 Å². The number of rotatable bonds is 10.